The minimum absolute atomic E-state index is 0.0214. The van der Waals surface area contributed by atoms with Crippen LogP contribution in [0.2, 0.25) is 0 Å². The second-order valence-corrected chi connectivity index (χ2v) is 4.65. The summed E-state index contributed by atoms with van der Waals surface area (Å²) in [5.41, 5.74) is -0.0694. The van der Waals surface area contributed by atoms with E-state index in [4.69, 9.17) is 4.74 Å². The number of fused-ring (bicyclic) bond motifs is 1. The standard InChI is InChI=1S/C11H16O2/c1-10(2)8-6-4-5-7-11(8,10)9(12)13-3/h4-5,8H,6-7H2,1-3H3. The minimum atomic E-state index is -0.198. The zero-order chi connectivity index (χ0) is 9.69. The molecule has 0 spiro atoms. The molecule has 0 aromatic carbocycles. The Kier molecular flexibility index (Phi) is 1.60. The summed E-state index contributed by atoms with van der Waals surface area (Å²) in [4.78, 5) is 11.7. The number of hydrogen-bond donors (Lipinski definition) is 0. The molecule has 0 radical (unpaired) electrons. The first-order valence-corrected chi connectivity index (χ1v) is 4.81. The summed E-state index contributed by atoms with van der Waals surface area (Å²) in [6.07, 6.45) is 6.18. The first-order chi connectivity index (χ1) is 6.07. The maximum absolute atomic E-state index is 11.7. The highest BCUT2D eigenvalue weighted by Gasteiger charge is 2.75. The zero-order valence-corrected chi connectivity index (χ0v) is 8.46. The normalized spacial score (nSPS) is 39.5. The van der Waals surface area contributed by atoms with Crippen molar-refractivity contribution in [3.8, 4) is 0 Å². The molecule has 2 aliphatic rings. The number of esters is 1. The molecule has 2 aliphatic carbocycles. The van der Waals surface area contributed by atoms with Gasteiger partial charge in [-0.3, -0.25) is 4.79 Å². The van der Waals surface area contributed by atoms with Gasteiger partial charge < -0.3 is 4.74 Å². The van der Waals surface area contributed by atoms with Crippen LogP contribution in [0.15, 0.2) is 12.2 Å². The Morgan fingerprint density at radius 3 is 2.69 bits per heavy atom. The number of hydrogen-bond acceptors (Lipinski definition) is 2. The van der Waals surface area contributed by atoms with Crippen LogP contribution in [0.3, 0.4) is 0 Å². The molecule has 2 heteroatoms. The molecule has 2 unspecified atom stereocenters. The van der Waals surface area contributed by atoms with E-state index in [0.29, 0.717) is 5.92 Å². The van der Waals surface area contributed by atoms with E-state index >= 15 is 0 Å². The molecular formula is C11H16O2. The van der Waals surface area contributed by atoms with Crippen molar-refractivity contribution in [3.05, 3.63) is 12.2 Å². The van der Waals surface area contributed by atoms with Crippen LogP contribution in [0.5, 0.6) is 0 Å². The highest BCUT2D eigenvalue weighted by atomic mass is 16.5. The second-order valence-electron chi connectivity index (χ2n) is 4.65. The molecule has 0 heterocycles. The van der Waals surface area contributed by atoms with Crippen LogP contribution in [0.1, 0.15) is 26.7 Å². The predicted molar refractivity (Wildman–Crippen MR) is 50.1 cm³/mol. The first-order valence-electron chi connectivity index (χ1n) is 4.81. The Bertz CT molecular complexity index is 278. The van der Waals surface area contributed by atoms with Gasteiger partial charge in [0.1, 0.15) is 0 Å². The van der Waals surface area contributed by atoms with E-state index < -0.39 is 0 Å². The van der Waals surface area contributed by atoms with Gasteiger partial charge in [-0.2, -0.15) is 0 Å². The Morgan fingerprint density at radius 2 is 2.15 bits per heavy atom. The van der Waals surface area contributed by atoms with E-state index in [2.05, 4.69) is 26.0 Å². The number of methoxy groups -OCH3 is 1. The molecule has 0 aromatic rings. The van der Waals surface area contributed by atoms with Crippen LogP contribution in [-0.2, 0) is 9.53 Å². The molecule has 1 saturated carbocycles. The molecule has 0 aromatic heterocycles. The lowest BCUT2D eigenvalue weighted by Gasteiger charge is -2.17. The Hall–Kier alpha value is -0.790. The van der Waals surface area contributed by atoms with Crippen molar-refractivity contribution in [2.75, 3.05) is 7.11 Å². The van der Waals surface area contributed by atoms with Gasteiger partial charge in [-0.25, -0.2) is 0 Å². The number of allylic oxidation sites excluding steroid dienone is 2. The average molecular weight is 180 g/mol. The van der Waals surface area contributed by atoms with Crippen LogP contribution in [0.4, 0.5) is 0 Å². The number of ether oxygens (including phenoxy) is 1. The van der Waals surface area contributed by atoms with Gasteiger partial charge in [-0.05, 0) is 24.2 Å². The maximum Gasteiger partial charge on any atom is 0.312 e. The predicted octanol–water partition coefficient (Wildman–Crippen LogP) is 2.15. The van der Waals surface area contributed by atoms with Crippen molar-refractivity contribution in [2.24, 2.45) is 16.7 Å². The van der Waals surface area contributed by atoms with Gasteiger partial charge in [0.25, 0.3) is 0 Å². The average Bonchev–Trinajstić information content (AvgIpc) is 2.65. The van der Waals surface area contributed by atoms with Gasteiger partial charge in [0.15, 0.2) is 0 Å². The fraction of sp³-hybridized carbons (Fsp3) is 0.727. The highest BCUT2D eigenvalue weighted by Crippen LogP contribution is 2.73. The highest BCUT2D eigenvalue weighted by molar-refractivity contribution is 5.83. The van der Waals surface area contributed by atoms with E-state index in [9.17, 15) is 4.79 Å². The number of carbonyl (C=O) groups is 1. The molecule has 0 aliphatic heterocycles. The van der Waals surface area contributed by atoms with Crippen molar-refractivity contribution in [1.29, 1.82) is 0 Å². The maximum atomic E-state index is 11.7. The molecular weight excluding hydrogens is 164 g/mol. The van der Waals surface area contributed by atoms with Crippen molar-refractivity contribution in [2.45, 2.75) is 26.7 Å². The molecule has 2 rings (SSSR count). The van der Waals surface area contributed by atoms with Gasteiger partial charge in [-0.15, -0.1) is 0 Å². The molecule has 13 heavy (non-hydrogen) atoms. The number of carbonyl (C=O) groups excluding carboxylic acids is 1. The fourth-order valence-corrected chi connectivity index (χ4v) is 3.04. The van der Waals surface area contributed by atoms with Crippen LogP contribution in [0, 0.1) is 16.7 Å². The fourth-order valence-electron chi connectivity index (χ4n) is 3.04. The third kappa shape index (κ3) is 0.812. The summed E-state index contributed by atoms with van der Waals surface area (Å²) in [7, 11) is 1.49. The summed E-state index contributed by atoms with van der Waals surface area (Å²) in [6.45, 7) is 4.34. The lowest BCUT2D eigenvalue weighted by Crippen LogP contribution is -2.23. The number of rotatable bonds is 1. The lowest BCUT2D eigenvalue weighted by atomic mass is 9.90. The second kappa shape index (κ2) is 2.37. The van der Waals surface area contributed by atoms with Crippen molar-refractivity contribution in [3.63, 3.8) is 0 Å². The molecule has 0 amide bonds. The van der Waals surface area contributed by atoms with E-state index in [0.717, 1.165) is 12.8 Å². The van der Waals surface area contributed by atoms with Crippen molar-refractivity contribution in [1.82, 2.24) is 0 Å². The Balaban J connectivity index is 2.31. The summed E-state index contributed by atoms with van der Waals surface area (Å²) in [6, 6.07) is 0. The van der Waals surface area contributed by atoms with E-state index in [-0.39, 0.29) is 16.8 Å². The van der Waals surface area contributed by atoms with Crippen LogP contribution >= 0.6 is 0 Å². The van der Waals surface area contributed by atoms with Crippen LogP contribution in [-0.4, -0.2) is 13.1 Å². The monoisotopic (exact) mass is 180 g/mol. The Morgan fingerprint density at radius 1 is 1.46 bits per heavy atom. The topological polar surface area (TPSA) is 26.3 Å². The third-order valence-electron chi connectivity index (χ3n) is 4.06. The van der Waals surface area contributed by atoms with Crippen molar-refractivity contribution < 1.29 is 9.53 Å². The van der Waals surface area contributed by atoms with Crippen LogP contribution < -0.4 is 0 Å². The molecule has 2 nitrogen and oxygen atoms in total. The minimum Gasteiger partial charge on any atom is -0.469 e. The Labute approximate surface area is 79.0 Å². The van der Waals surface area contributed by atoms with Crippen molar-refractivity contribution >= 4 is 5.97 Å². The molecule has 0 saturated heterocycles. The van der Waals surface area contributed by atoms with E-state index in [1.165, 1.54) is 7.11 Å². The molecule has 1 fully saturated rings. The molecule has 72 valence electrons. The summed E-state index contributed by atoms with van der Waals surface area (Å²) >= 11 is 0. The largest absolute Gasteiger partial charge is 0.469 e. The smallest absolute Gasteiger partial charge is 0.312 e. The first kappa shape index (κ1) is 8.79. The van der Waals surface area contributed by atoms with Gasteiger partial charge >= 0.3 is 5.97 Å². The van der Waals surface area contributed by atoms with Gasteiger partial charge in [-0.1, -0.05) is 26.0 Å². The molecule has 2 atom stereocenters. The summed E-state index contributed by atoms with van der Waals surface area (Å²) < 4.78 is 4.90. The molecule has 0 N–H and O–H groups in total. The van der Waals surface area contributed by atoms with Gasteiger partial charge in [0.05, 0.1) is 12.5 Å². The quantitative estimate of drug-likeness (QED) is 0.456. The zero-order valence-electron chi connectivity index (χ0n) is 8.46. The summed E-state index contributed by atoms with van der Waals surface area (Å²) in [5, 5.41) is 0. The van der Waals surface area contributed by atoms with E-state index in [1.807, 2.05) is 0 Å². The molecule has 0 bridgehead atoms. The van der Waals surface area contributed by atoms with Gasteiger partial charge in [0, 0.05) is 0 Å². The summed E-state index contributed by atoms with van der Waals surface area (Å²) in [5.74, 6) is 0.476. The SMILES string of the molecule is COC(=O)C12CC=CCC1C2(C)C. The lowest BCUT2D eigenvalue weighted by molar-refractivity contribution is -0.149. The van der Waals surface area contributed by atoms with Crippen LogP contribution in [0.25, 0.3) is 0 Å². The third-order valence-corrected chi connectivity index (χ3v) is 4.06. The van der Waals surface area contributed by atoms with E-state index in [1.54, 1.807) is 0 Å². The van der Waals surface area contributed by atoms with Gasteiger partial charge in [0.2, 0.25) is 0 Å².